The van der Waals surface area contributed by atoms with Crippen molar-refractivity contribution in [3.05, 3.63) is 96.5 Å². The van der Waals surface area contributed by atoms with Crippen molar-refractivity contribution in [1.82, 2.24) is 14.5 Å². The molecule has 0 saturated heterocycles. The summed E-state index contributed by atoms with van der Waals surface area (Å²) in [6.45, 7) is 7.62. The van der Waals surface area contributed by atoms with Gasteiger partial charge in [-0.3, -0.25) is 4.98 Å². The summed E-state index contributed by atoms with van der Waals surface area (Å²) in [4.78, 5) is 13.0. The Labute approximate surface area is 200 Å². The molecule has 0 fully saturated rings. The van der Waals surface area contributed by atoms with Crippen LogP contribution in [-0.2, 0) is 28.1 Å². The molecule has 2 aromatic heterocycles. The predicted octanol–water partition coefficient (Wildman–Crippen LogP) is 6.02. The molecule has 0 radical (unpaired) electrons. The molecule has 5 rings (SSSR count). The van der Waals surface area contributed by atoms with E-state index in [0.29, 0.717) is 22.6 Å². The summed E-state index contributed by atoms with van der Waals surface area (Å²) < 4.78 is 1.86. The van der Waals surface area contributed by atoms with E-state index in [2.05, 4.69) is 15.9 Å². The first-order valence-corrected chi connectivity index (χ1v) is 9.76. The first-order valence-electron chi connectivity index (χ1n) is 9.76. The van der Waals surface area contributed by atoms with Crippen LogP contribution in [0.2, 0.25) is 0 Å². The van der Waals surface area contributed by atoms with Gasteiger partial charge in [-0.15, -0.1) is 29.8 Å². The predicted molar refractivity (Wildman–Crippen MR) is 122 cm³/mol. The van der Waals surface area contributed by atoms with Crippen LogP contribution in [0.1, 0.15) is 0 Å². The van der Waals surface area contributed by atoms with Crippen LogP contribution in [0, 0.1) is 12.6 Å². The second-order valence-electron chi connectivity index (χ2n) is 7.15. The smallest absolute Gasteiger partial charge is 0.211 e. The van der Waals surface area contributed by atoms with Gasteiger partial charge in [0.25, 0.3) is 0 Å². The zero-order valence-corrected chi connectivity index (χ0v) is 19.3. The van der Waals surface area contributed by atoms with E-state index in [1.807, 2.05) is 72.3 Å². The molecule has 0 bridgehead atoms. The van der Waals surface area contributed by atoms with Gasteiger partial charge < -0.3 is 9.67 Å². The molecule has 5 nitrogen and oxygen atoms in total. The maximum absolute atomic E-state index is 10.4. The Morgan fingerprint density at radius 3 is 2.44 bits per heavy atom. The van der Waals surface area contributed by atoms with Gasteiger partial charge in [0.2, 0.25) is 5.69 Å². The molecule has 0 aliphatic rings. The Bertz CT molecular complexity index is 1470. The fraction of sp³-hybridized carbons (Fsp3) is 0.0385. The molecule has 0 aliphatic carbocycles. The zero-order chi connectivity index (χ0) is 21.4. The molecule has 0 atom stereocenters. The van der Waals surface area contributed by atoms with E-state index in [4.69, 9.17) is 11.6 Å². The van der Waals surface area contributed by atoms with Crippen LogP contribution in [0.5, 0.6) is 5.75 Å². The minimum Gasteiger partial charge on any atom is -0.507 e. The topological polar surface area (TPSA) is 55.3 Å². The quantitative estimate of drug-likeness (QED) is 0.259. The minimum absolute atomic E-state index is 0. The van der Waals surface area contributed by atoms with Crippen molar-refractivity contribution < 1.29 is 26.2 Å². The van der Waals surface area contributed by atoms with Gasteiger partial charge in [0.15, 0.2) is 0 Å². The third-order valence-corrected chi connectivity index (χ3v) is 5.29. The van der Waals surface area contributed by atoms with Gasteiger partial charge in [0.05, 0.1) is 23.2 Å². The van der Waals surface area contributed by atoms with Crippen LogP contribution in [0.15, 0.2) is 79.0 Å². The number of aromatic nitrogens is 3. The molecule has 0 saturated carbocycles. The Kier molecular flexibility index (Phi) is 5.90. The number of rotatable bonds is 3. The van der Waals surface area contributed by atoms with Crippen molar-refractivity contribution in [2.75, 3.05) is 0 Å². The van der Waals surface area contributed by atoms with Gasteiger partial charge in [-0.1, -0.05) is 47.5 Å². The number of aromatic hydroxyl groups is 1. The molecular formula is C26H17N4OPt-. The maximum atomic E-state index is 10.4. The van der Waals surface area contributed by atoms with Gasteiger partial charge in [0.1, 0.15) is 11.6 Å². The largest absolute Gasteiger partial charge is 0.507 e. The van der Waals surface area contributed by atoms with Gasteiger partial charge in [-0.05, 0) is 18.2 Å². The molecule has 1 N–H and O–H groups in total. The molecule has 6 heteroatoms. The van der Waals surface area contributed by atoms with Crippen molar-refractivity contribution in [2.45, 2.75) is 0 Å². The van der Waals surface area contributed by atoms with Gasteiger partial charge in [-0.2, -0.15) is 0 Å². The SMILES string of the molecule is [C-]#[N+]c1ccc(-c2[c-]c(-c3ccccn3)ccc2)c2nc(-c3ccccc3O)n(C)c12.[Pt]. The molecule has 5 aromatic rings. The summed E-state index contributed by atoms with van der Waals surface area (Å²) in [6.07, 6.45) is 1.76. The number of hydrogen-bond donors (Lipinski definition) is 1. The Morgan fingerprint density at radius 2 is 1.69 bits per heavy atom. The number of pyridine rings is 1. The number of benzene rings is 3. The van der Waals surface area contributed by atoms with Crippen LogP contribution in [-0.4, -0.2) is 19.6 Å². The number of hydrogen-bond acceptors (Lipinski definition) is 3. The summed E-state index contributed by atoms with van der Waals surface area (Å²) in [5.74, 6) is 0.752. The van der Waals surface area contributed by atoms with Crippen LogP contribution in [0.25, 0.3) is 49.7 Å². The van der Waals surface area contributed by atoms with Crippen molar-refractivity contribution in [3.63, 3.8) is 0 Å². The third-order valence-electron chi connectivity index (χ3n) is 5.29. The second kappa shape index (κ2) is 8.78. The molecule has 0 spiro atoms. The number of para-hydroxylation sites is 1. The van der Waals surface area contributed by atoms with Crippen LogP contribution >= 0.6 is 0 Å². The number of imidazole rings is 1. The van der Waals surface area contributed by atoms with Crippen molar-refractivity contribution in [1.29, 1.82) is 0 Å². The first-order chi connectivity index (χ1) is 15.2. The standard InChI is InChI=1S/C26H17N4O.Pt/c1-27-22-14-13-19(17-8-7-9-18(16-17)21-11-5-6-15-28-21)24-25(22)30(2)26(29-24)20-10-3-4-12-23(20)31;/h3-15,31H,2H3;/q-1;. The van der Waals surface area contributed by atoms with E-state index in [9.17, 15) is 5.11 Å². The van der Waals surface area contributed by atoms with Crippen molar-refractivity contribution in [3.8, 4) is 39.5 Å². The normalized spacial score (nSPS) is 10.5. The molecule has 3 aromatic carbocycles. The summed E-state index contributed by atoms with van der Waals surface area (Å²) in [5, 5.41) is 10.4. The molecule has 2 heterocycles. The Morgan fingerprint density at radius 1 is 0.906 bits per heavy atom. The number of fused-ring (bicyclic) bond motifs is 1. The number of phenols is 1. The number of phenolic OH excluding ortho intramolecular Hbond substituents is 1. The third kappa shape index (κ3) is 3.60. The number of nitrogens with zero attached hydrogens (tertiary/aromatic N) is 4. The summed E-state index contributed by atoms with van der Waals surface area (Å²) in [5.41, 5.74) is 6.02. The van der Waals surface area contributed by atoms with E-state index in [0.717, 1.165) is 27.9 Å². The van der Waals surface area contributed by atoms with Crippen LogP contribution in [0.4, 0.5) is 5.69 Å². The van der Waals surface area contributed by atoms with E-state index in [-0.39, 0.29) is 26.8 Å². The second-order valence-corrected chi connectivity index (χ2v) is 7.15. The average molecular weight is 597 g/mol. The van der Waals surface area contributed by atoms with Crippen LogP contribution < -0.4 is 0 Å². The van der Waals surface area contributed by atoms with E-state index in [1.54, 1.807) is 18.3 Å². The fourth-order valence-corrected chi connectivity index (χ4v) is 3.81. The zero-order valence-electron chi connectivity index (χ0n) is 17.1. The molecule has 0 amide bonds. The maximum Gasteiger partial charge on any atom is 0.211 e. The molecule has 0 unspecified atom stereocenters. The summed E-state index contributed by atoms with van der Waals surface area (Å²) in [7, 11) is 1.86. The minimum atomic E-state index is 0. The van der Waals surface area contributed by atoms with Gasteiger partial charge in [-0.25, -0.2) is 9.83 Å². The van der Waals surface area contributed by atoms with Crippen molar-refractivity contribution in [2.24, 2.45) is 7.05 Å². The van der Waals surface area contributed by atoms with Crippen molar-refractivity contribution >= 4 is 16.7 Å². The van der Waals surface area contributed by atoms with Gasteiger partial charge >= 0.3 is 0 Å². The fourth-order valence-electron chi connectivity index (χ4n) is 3.81. The molecule has 32 heavy (non-hydrogen) atoms. The molecule has 158 valence electrons. The van der Waals surface area contributed by atoms with Crippen LogP contribution in [0.3, 0.4) is 0 Å². The Balaban J connectivity index is 0.00000245. The molecular weight excluding hydrogens is 579 g/mol. The average Bonchev–Trinajstić information content (AvgIpc) is 3.16. The van der Waals surface area contributed by atoms with E-state index in [1.165, 1.54) is 0 Å². The summed E-state index contributed by atoms with van der Waals surface area (Å²) >= 11 is 0. The van der Waals surface area contributed by atoms with E-state index >= 15 is 0 Å². The monoisotopic (exact) mass is 596 g/mol. The number of aryl methyl sites for hydroxylation is 1. The summed E-state index contributed by atoms with van der Waals surface area (Å²) in [6, 6.07) is 26.0. The Hall–Kier alpha value is -3.74. The van der Waals surface area contributed by atoms with Gasteiger partial charge in [0, 0.05) is 40.0 Å². The van der Waals surface area contributed by atoms with E-state index < -0.39 is 0 Å². The molecule has 0 aliphatic heterocycles. The first kappa shape index (κ1) is 21.5.